The molecule has 1 atom stereocenters. The van der Waals surface area contributed by atoms with Gasteiger partial charge in [0.1, 0.15) is 11.7 Å². The zero-order chi connectivity index (χ0) is 15.1. The number of rotatable bonds is 7. The normalized spacial score (nSPS) is 11.9. The summed E-state index contributed by atoms with van der Waals surface area (Å²) in [6.07, 6.45) is 0. The van der Waals surface area contributed by atoms with Gasteiger partial charge in [-0.3, -0.25) is 4.79 Å². The summed E-state index contributed by atoms with van der Waals surface area (Å²) in [5.41, 5.74) is 1.70. The highest BCUT2D eigenvalue weighted by atomic mass is 16.5. The van der Waals surface area contributed by atoms with E-state index >= 15 is 0 Å². The van der Waals surface area contributed by atoms with Crippen LogP contribution in [0.4, 0.5) is 0 Å². The monoisotopic (exact) mass is 286 g/mol. The van der Waals surface area contributed by atoms with Crippen LogP contribution in [0.2, 0.25) is 0 Å². The lowest BCUT2D eigenvalue weighted by Crippen LogP contribution is -2.17. The molecule has 0 heterocycles. The Balaban J connectivity index is 1.95. The maximum atomic E-state index is 11.3. The molecule has 2 aromatic carbocycles. The van der Waals surface area contributed by atoms with Gasteiger partial charge < -0.3 is 14.6 Å². The molecule has 0 radical (unpaired) electrons. The lowest BCUT2D eigenvalue weighted by Gasteiger charge is -2.13. The van der Waals surface area contributed by atoms with Crippen molar-refractivity contribution < 1.29 is 19.4 Å². The summed E-state index contributed by atoms with van der Waals surface area (Å²) in [5.74, 6) is -0.780. The van der Waals surface area contributed by atoms with E-state index in [9.17, 15) is 9.90 Å². The van der Waals surface area contributed by atoms with E-state index in [0.29, 0.717) is 6.61 Å². The van der Waals surface area contributed by atoms with Crippen molar-refractivity contribution in [1.29, 1.82) is 0 Å². The van der Waals surface area contributed by atoms with Gasteiger partial charge in [-0.15, -0.1) is 0 Å². The molecule has 0 spiro atoms. The minimum atomic E-state index is -0.883. The third kappa shape index (κ3) is 4.33. The van der Waals surface area contributed by atoms with Crippen LogP contribution in [-0.2, 0) is 16.1 Å². The molecule has 2 rings (SSSR count). The van der Waals surface area contributed by atoms with Gasteiger partial charge in [0.15, 0.2) is 0 Å². The van der Waals surface area contributed by atoms with Crippen LogP contribution in [0.25, 0.3) is 0 Å². The number of carbonyl (C=O) groups is 1. The van der Waals surface area contributed by atoms with Gasteiger partial charge >= 0.3 is 5.97 Å². The molecule has 0 bridgehead atoms. The van der Waals surface area contributed by atoms with E-state index in [0.717, 1.165) is 16.9 Å². The molecular weight excluding hydrogens is 268 g/mol. The number of carboxylic acids is 1. The van der Waals surface area contributed by atoms with Crippen molar-refractivity contribution in [3.05, 3.63) is 65.7 Å². The highest BCUT2D eigenvalue weighted by molar-refractivity contribution is 5.76. The smallest absolute Gasteiger partial charge is 0.313 e. The first-order valence-corrected chi connectivity index (χ1v) is 6.69. The van der Waals surface area contributed by atoms with Gasteiger partial charge in [-0.2, -0.15) is 0 Å². The second-order valence-electron chi connectivity index (χ2n) is 4.67. The molecule has 0 saturated heterocycles. The van der Waals surface area contributed by atoms with Crippen LogP contribution in [-0.4, -0.2) is 24.8 Å². The van der Waals surface area contributed by atoms with E-state index in [1.54, 1.807) is 19.2 Å². The Hall–Kier alpha value is -2.33. The molecule has 1 unspecified atom stereocenters. The Kier molecular flexibility index (Phi) is 5.35. The van der Waals surface area contributed by atoms with Crippen molar-refractivity contribution in [3.8, 4) is 5.75 Å². The summed E-state index contributed by atoms with van der Waals surface area (Å²) >= 11 is 0. The molecule has 4 nitrogen and oxygen atoms in total. The Bertz CT molecular complexity index is 580. The lowest BCUT2D eigenvalue weighted by molar-refractivity contribution is -0.140. The van der Waals surface area contributed by atoms with Crippen molar-refractivity contribution in [3.63, 3.8) is 0 Å². The maximum Gasteiger partial charge on any atom is 0.313 e. The predicted octanol–water partition coefficient (Wildman–Crippen LogP) is 3.08. The summed E-state index contributed by atoms with van der Waals surface area (Å²) < 4.78 is 10.7. The Labute approximate surface area is 123 Å². The second-order valence-corrected chi connectivity index (χ2v) is 4.67. The molecule has 0 saturated carbocycles. The van der Waals surface area contributed by atoms with Crippen molar-refractivity contribution in [2.45, 2.75) is 12.5 Å². The second kappa shape index (κ2) is 7.45. The molecule has 0 aliphatic heterocycles. The predicted molar refractivity (Wildman–Crippen MR) is 79.5 cm³/mol. The number of benzene rings is 2. The summed E-state index contributed by atoms with van der Waals surface area (Å²) in [4.78, 5) is 11.3. The first kappa shape index (κ1) is 15.1. The lowest BCUT2D eigenvalue weighted by atomic mass is 10.0. The third-order valence-corrected chi connectivity index (χ3v) is 3.19. The SMILES string of the molecule is COc1cccc(COCC(C(=O)O)c2ccccc2)c1. The molecule has 0 aliphatic carbocycles. The van der Waals surface area contributed by atoms with Gasteiger partial charge in [-0.1, -0.05) is 42.5 Å². The number of methoxy groups -OCH3 is 1. The number of carboxylic acid groups (broad SMARTS) is 1. The summed E-state index contributed by atoms with van der Waals surface area (Å²) in [5, 5.41) is 9.31. The molecule has 0 amide bonds. The largest absolute Gasteiger partial charge is 0.497 e. The van der Waals surface area contributed by atoms with Gasteiger partial charge in [0.2, 0.25) is 0 Å². The summed E-state index contributed by atoms with van der Waals surface area (Å²) in [6.45, 7) is 0.490. The molecule has 0 aliphatic rings. The van der Waals surface area contributed by atoms with Crippen LogP contribution in [0.15, 0.2) is 54.6 Å². The summed E-state index contributed by atoms with van der Waals surface area (Å²) in [6, 6.07) is 16.6. The zero-order valence-corrected chi connectivity index (χ0v) is 11.9. The minimum absolute atomic E-state index is 0.135. The minimum Gasteiger partial charge on any atom is -0.497 e. The zero-order valence-electron chi connectivity index (χ0n) is 11.9. The first-order chi connectivity index (χ1) is 10.2. The molecule has 21 heavy (non-hydrogen) atoms. The standard InChI is InChI=1S/C17H18O4/c1-20-15-9-5-6-13(10-15)11-21-12-16(17(18)19)14-7-3-2-4-8-14/h2-10,16H,11-12H2,1H3,(H,18,19). The van der Waals surface area contributed by atoms with E-state index in [-0.39, 0.29) is 6.61 Å². The molecular formula is C17H18O4. The van der Waals surface area contributed by atoms with Crippen LogP contribution in [0.5, 0.6) is 5.75 Å². The number of ether oxygens (including phenoxy) is 2. The topological polar surface area (TPSA) is 55.8 Å². The molecule has 4 heteroatoms. The maximum absolute atomic E-state index is 11.3. The molecule has 1 N–H and O–H groups in total. The van der Waals surface area contributed by atoms with Gasteiger partial charge in [0.05, 0.1) is 20.3 Å². The molecule has 2 aromatic rings. The van der Waals surface area contributed by atoms with E-state index in [2.05, 4.69) is 0 Å². The van der Waals surface area contributed by atoms with Crippen molar-refractivity contribution in [1.82, 2.24) is 0 Å². The van der Waals surface area contributed by atoms with Gasteiger partial charge in [0, 0.05) is 0 Å². The average molecular weight is 286 g/mol. The fourth-order valence-corrected chi connectivity index (χ4v) is 2.05. The fraction of sp³-hybridized carbons (Fsp3) is 0.235. The third-order valence-electron chi connectivity index (χ3n) is 3.19. The highest BCUT2D eigenvalue weighted by Crippen LogP contribution is 2.18. The number of aliphatic carboxylic acids is 1. The van der Waals surface area contributed by atoms with E-state index < -0.39 is 11.9 Å². The fourth-order valence-electron chi connectivity index (χ4n) is 2.05. The van der Waals surface area contributed by atoms with Crippen LogP contribution < -0.4 is 4.74 Å². The van der Waals surface area contributed by atoms with E-state index in [4.69, 9.17) is 9.47 Å². The molecule has 110 valence electrons. The van der Waals surface area contributed by atoms with Gasteiger partial charge in [0.25, 0.3) is 0 Å². The van der Waals surface area contributed by atoms with Crippen LogP contribution in [0.1, 0.15) is 17.0 Å². The van der Waals surface area contributed by atoms with Crippen molar-refractivity contribution in [2.24, 2.45) is 0 Å². The first-order valence-electron chi connectivity index (χ1n) is 6.69. The Morgan fingerprint density at radius 3 is 2.57 bits per heavy atom. The van der Waals surface area contributed by atoms with Crippen LogP contribution in [0, 0.1) is 0 Å². The van der Waals surface area contributed by atoms with Gasteiger partial charge in [-0.05, 0) is 23.3 Å². The number of hydrogen-bond acceptors (Lipinski definition) is 3. The van der Waals surface area contributed by atoms with Gasteiger partial charge in [-0.25, -0.2) is 0 Å². The van der Waals surface area contributed by atoms with Crippen molar-refractivity contribution in [2.75, 3.05) is 13.7 Å². The highest BCUT2D eigenvalue weighted by Gasteiger charge is 2.19. The van der Waals surface area contributed by atoms with E-state index in [1.807, 2.05) is 42.5 Å². The molecule has 0 fully saturated rings. The summed E-state index contributed by atoms with van der Waals surface area (Å²) in [7, 11) is 1.61. The van der Waals surface area contributed by atoms with Crippen LogP contribution >= 0.6 is 0 Å². The molecule has 0 aromatic heterocycles. The van der Waals surface area contributed by atoms with Crippen molar-refractivity contribution >= 4 is 5.97 Å². The quantitative estimate of drug-likeness (QED) is 0.850. The Morgan fingerprint density at radius 1 is 1.14 bits per heavy atom. The average Bonchev–Trinajstić information content (AvgIpc) is 2.52. The Morgan fingerprint density at radius 2 is 1.90 bits per heavy atom. The van der Waals surface area contributed by atoms with Crippen LogP contribution in [0.3, 0.4) is 0 Å². The van der Waals surface area contributed by atoms with E-state index in [1.165, 1.54) is 0 Å². The number of hydrogen-bond donors (Lipinski definition) is 1.